The monoisotopic (exact) mass is 290 g/mol. The van der Waals surface area contributed by atoms with Crippen molar-refractivity contribution in [2.45, 2.75) is 46.1 Å². The molecule has 2 N–H and O–H groups in total. The van der Waals surface area contributed by atoms with E-state index in [4.69, 9.17) is 10.5 Å². The Hall–Kier alpha value is -1.71. The summed E-state index contributed by atoms with van der Waals surface area (Å²) in [5.41, 5.74) is 6.31. The van der Waals surface area contributed by atoms with Gasteiger partial charge >= 0.3 is 0 Å². The third-order valence-electron chi connectivity index (χ3n) is 4.50. The lowest BCUT2D eigenvalue weighted by Gasteiger charge is -2.38. The molecule has 2 rings (SSSR count). The molecule has 0 heterocycles. The van der Waals surface area contributed by atoms with Crippen LogP contribution in [-0.2, 0) is 0 Å². The number of para-hydroxylation sites is 1. The molecule has 3 unspecified atom stereocenters. The maximum absolute atomic E-state index is 11.2. The molecule has 0 aromatic heterocycles. The number of carboxylic acids is 1. The Bertz CT molecular complexity index is 513. The number of anilines is 1. The van der Waals surface area contributed by atoms with E-state index in [2.05, 4.69) is 20.8 Å². The molecule has 4 nitrogen and oxygen atoms in total. The van der Waals surface area contributed by atoms with E-state index >= 15 is 0 Å². The molecule has 4 heteroatoms. The van der Waals surface area contributed by atoms with Gasteiger partial charge < -0.3 is 20.4 Å². The molecular formula is C17H24NO3-. The van der Waals surface area contributed by atoms with Crippen molar-refractivity contribution >= 4 is 11.7 Å². The first-order valence-corrected chi connectivity index (χ1v) is 7.66. The van der Waals surface area contributed by atoms with Gasteiger partial charge in [0, 0.05) is 5.56 Å². The van der Waals surface area contributed by atoms with E-state index in [1.54, 1.807) is 12.1 Å². The summed E-state index contributed by atoms with van der Waals surface area (Å²) in [6.07, 6.45) is 3.25. The molecule has 0 radical (unpaired) electrons. The molecule has 1 aliphatic carbocycles. The van der Waals surface area contributed by atoms with E-state index in [0.717, 1.165) is 12.8 Å². The van der Waals surface area contributed by atoms with E-state index in [9.17, 15) is 9.90 Å². The van der Waals surface area contributed by atoms with Gasteiger partial charge in [-0.2, -0.15) is 0 Å². The third-order valence-corrected chi connectivity index (χ3v) is 4.50. The van der Waals surface area contributed by atoms with Gasteiger partial charge in [-0.15, -0.1) is 0 Å². The van der Waals surface area contributed by atoms with Crippen molar-refractivity contribution in [2.24, 2.45) is 17.8 Å². The van der Waals surface area contributed by atoms with E-state index in [1.165, 1.54) is 12.5 Å². The Labute approximate surface area is 126 Å². The summed E-state index contributed by atoms with van der Waals surface area (Å²) in [4.78, 5) is 11.2. The minimum absolute atomic E-state index is 0.0107. The van der Waals surface area contributed by atoms with Crippen LogP contribution < -0.4 is 15.6 Å². The molecule has 0 aliphatic heterocycles. The number of rotatable bonds is 4. The highest BCUT2D eigenvalue weighted by Crippen LogP contribution is 2.38. The second-order valence-corrected chi connectivity index (χ2v) is 6.49. The van der Waals surface area contributed by atoms with Crippen LogP contribution in [0.3, 0.4) is 0 Å². The van der Waals surface area contributed by atoms with Crippen LogP contribution in [0.5, 0.6) is 5.75 Å². The van der Waals surface area contributed by atoms with Crippen molar-refractivity contribution in [3.63, 3.8) is 0 Å². The van der Waals surface area contributed by atoms with Gasteiger partial charge in [0.15, 0.2) is 5.75 Å². The summed E-state index contributed by atoms with van der Waals surface area (Å²) in [7, 11) is 0. The zero-order valence-corrected chi connectivity index (χ0v) is 13.0. The standard InChI is InChI=1S/C17H25NO3/c1-10(2)12-8-7-11(3)9-15(12)21-16-13(17(19)20)5-4-6-14(16)18/h4-6,10-12,15H,7-9,18H2,1-3H3,(H,19,20)/p-1. The zero-order valence-electron chi connectivity index (χ0n) is 13.0. The van der Waals surface area contributed by atoms with Crippen LogP contribution in [0.4, 0.5) is 5.69 Å². The Morgan fingerprint density at radius 1 is 1.38 bits per heavy atom. The van der Waals surface area contributed by atoms with Crippen LogP contribution in [0.2, 0.25) is 0 Å². The first kappa shape index (κ1) is 15.7. The first-order chi connectivity index (χ1) is 9.90. The van der Waals surface area contributed by atoms with Gasteiger partial charge in [0.2, 0.25) is 0 Å². The summed E-state index contributed by atoms with van der Waals surface area (Å²) < 4.78 is 6.08. The minimum atomic E-state index is -1.25. The second kappa shape index (κ2) is 6.37. The molecule has 0 amide bonds. The molecule has 3 atom stereocenters. The number of ether oxygens (including phenoxy) is 1. The number of hydrogen-bond acceptors (Lipinski definition) is 4. The summed E-state index contributed by atoms with van der Waals surface area (Å²) in [5, 5.41) is 11.2. The molecule has 1 aromatic carbocycles. The lowest BCUT2D eigenvalue weighted by Crippen LogP contribution is -2.37. The van der Waals surface area contributed by atoms with Crippen LogP contribution in [0, 0.1) is 17.8 Å². The van der Waals surface area contributed by atoms with Gasteiger partial charge in [0.1, 0.15) is 6.10 Å². The lowest BCUT2D eigenvalue weighted by atomic mass is 9.75. The first-order valence-electron chi connectivity index (χ1n) is 7.66. The smallest absolute Gasteiger partial charge is 0.151 e. The topological polar surface area (TPSA) is 75.4 Å². The van der Waals surface area contributed by atoms with Gasteiger partial charge in [-0.3, -0.25) is 0 Å². The van der Waals surface area contributed by atoms with Gasteiger partial charge in [0.05, 0.1) is 11.7 Å². The third kappa shape index (κ3) is 3.49. The Kier molecular flexibility index (Phi) is 4.76. The number of nitrogens with two attached hydrogens (primary N) is 1. The number of aromatic carboxylic acids is 1. The number of hydrogen-bond donors (Lipinski definition) is 1. The molecular weight excluding hydrogens is 266 g/mol. The molecule has 1 saturated carbocycles. The molecule has 0 saturated heterocycles. The summed E-state index contributed by atoms with van der Waals surface area (Å²) in [6, 6.07) is 4.76. The Balaban J connectivity index is 2.28. The van der Waals surface area contributed by atoms with Gasteiger partial charge in [0.25, 0.3) is 0 Å². The van der Waals surface area contributed by atoms with Crippen molar-refractivity contribution in [1.82, 2.24) is 0 Å². The Morgan fingerprint density at radius 3 is 2.71 bits per heavy atom. The van der Waals surface area contributed by atoms with Crippen LogP contribution in [-0.4, -0.2) is 12.1 Å². The molecule has 0 bridgehead atoms. The normalized spacial score (nSPS) is 25.8. The highest BCUT2D eigenvalue weighted by molar-refractivity contribution is 5.91. The number of nitrogen functional groups attached to an aromatic ring is 1. The minimum Gasteiger partial charge on any atom is -0.545 e. The van der Waals surface area contributed by atoms with Crippen LogP contribution >= 0.6 is 0 Å². The fraction of sp³-hybridized carbons (Fsp3) is 0.588. The van der Waals surface area contributed by atoms with Crippen molar-refractivity contribution in [2.75, 3.05) is 5.73 Å². The summed E-state index contributed by atoms with van der Waals surface area (Å²) in [5.74, 6) is 0.528. The van der Waals surface area contributed by atoms with Gasteiger partial charge in [-0.1, -0.05) is 33.3 Å². The molecule has 21 heavy (non-hydrogen) atoms. The maximum atomic E-state index is 11.2. The van der Waals surface area contributed by atoms with E-state index in [-0.39, 0.29) is 17.4 Å². The number of carbonyl (C=O) groups excluding carboxylic acids is 1. The fourth-order valence-corrected chi connectivity index (χ4v) is 3.25. The average Bonchev–Trinajstić information content (AvgIpc) is 2.40. The van der Waals surface area contributed by atoms with Gasteiger partial charge in [-0.25, -0.2) is 0 Å². The van der Waals surface area contributed by atoms with Crippen LogP contribution in [0.15, 0.2) is 18.2 Å². The number of carboxylic acid groups (broad SMARTS) is 1. The van der Waals surface area contributed by atoms with E-state index in [1.807, 2.05) is 0 Å². The highest BCUT2D eigenvalue weighted by atomic mass is 16.5. The maximum Gasteiger partial charge on any atom is 0.151 e. The van der Waals surface area contributed by atoms with Crippen molar-refractivity contribution in [1.29, 1.82) is 0 Å². The van der Waals surface area contributed by atoms with Crippen LogP contribution in [0.1, 0.15) is 50.4 Å². The Morgan fingerprint density at radius 2 is 2.10 bits per heavy atom. The zero-order chi connectivity index (χ0) is 15.6. The molecule has 0 spiro atoms. The van der Waals surface area contributed by atoms with E-state index in [0.29, 0.717) is 23.4 Å². The van der Waals surface area contributed by atoms with Crippen molar-refractivity contribution in [3.05, 3.63) is 23.8 Å². The summed E-state index contributed by atoms with van der Waals surface area (Å²) in [6.45, 7) is 6.58. The summed E-state index contributed by atoms with van der Waals surface area (Å²) >= 11 is 0. The largest absolute Gasteiger partial charge is 0.545 e. The number of carbonyl (C=O) groups is 1. The predicted molar refractivity (Wildman–Crippen MR) is 80.9 cm³/mol. The van der Waals surface area contributed by atoms with Gasteiger partial charge in [-0.05, 0) is 42.7 Å². The van der Waals surface area contributed by atoms with Crippen molar-refractivity contribution < 1.29 is 14.6 Å². The van der Waals surface area contributed by atoms with E-state index < -0.39 is 5.97 Å². The number of benzene rings is 1. The van der Waals surface area contributed by atoms with Crippen LogP contribution in [0.25, 0.3) is 0 Å². The molecule has 1 aromatic rings. The second-order valence-electron chi connectivity index (χ2n) is 6.49. The highest BCUT2D eigenvalue weighted by Gasteiger charge is 2.33. The average molecular weight is 290 g/mol. The quantitative estimate of drug-likeness (QED) is 0.864. The SMILES string of the molecule is CC1CCC(C(C)C)C(Oc2c(N)cccc2C(=O)[O-])C1. The molecule has 116 valence electrons. The predicted octanol–water partition coefficient (Wildman–Crippen LogP) is 2.47. The lowest BCUT2D eigenvalue weighted by molar-refractivity contribution is -0.255. The molecule has 1 fully saturated rings. The van der Waals surface area contributed by atoms with Crippen molar-refractivity contribution in [3.8, 4) is 5.75 Å². The molecule has 1 aliphatic rings. The fourth-order valence-electron chi connectivity index (χ4n) is 3.25.